The van der Waals surface area contributed by atoms with Gasteiger partial charge in [-0.3, -0.25) is 0 Å². The highest BCUT2D eigenvalue weighted by Crippen LogP contribution is 2.00. The molecule has 0 aliphatic carbocycles. The van der Waals surface area contributed by atoms with Crippen LogP contribution >= 0.6 is 0 Å². The van der Waals surface area contributed by atoms with Crippen molar-refractivity contribution in [3.63, 3.8) is 0 Å². The average molecular weight is 179 g/mol. The third-order valence-electron chi connectivity index (χ3n) is 1.94. The van der Waals surface area contributed by atoms with Gasteiger partial charge in [-0.1, -0.05) is 37.3 Å². The molecule has 0 amide bonds. The minimum atomic E-state index is 0.720. The summed E-state index contributed by atoms with van der Waals surface area (Å²) in [7, 11) is 1.22. The van der Waals surface area contributed by atoms with Gasteiger partial charge in [0.25, 0.3) is 0 Å². The van der Waals surface area contributed by atoms with E-state index in [0.29, 0.717) is 0 Å². The van der Waals surface area contributed by atoms with Crippen LogP contribution in [0, 0.1) is 0 Å². The second-order valence-electron chi connectivity index (χ2n) is 3.15. The SMILES string of the molecule is CCNC([SiH3])Cc1ccccc1. The van der Waals surface area contributed by atoms with Crippen LogP contribution in [0.2, 0.25) is 0 Å². The molecule has 0 bridgehead atoms. The normalized spacial score (nSPS) is 13.1. The summed E-state index contributed by atoms with van der Waals surface area (Å²) in [6, 6.07) is 10.7. The first-order valence-electron chi connectivity index (χ1n) is 4.60. The summed E-state index contributed by atoms with van der Waals surface area (Å²) in [4.78, 5) is 0. The predicted molar refractivity (Wildman–Crippen MR) is 57.5 cm³/mol. The smallest absolute Gasteiger partial charge is 0.0245 e. The van der Waals surface area contributed by atoms with Crippen LogP contribution in [-0.4, -0.2) is 22.5 Å². The number of benzene rings is 1. The van der Waals surface area contributed by atoms with Crippen LogP contribution in [-0.2, 0) is 6.42 Å². The van der Waals surface area contributed by atoms with Crippen molar-refractivity contribution >= 4 is 10.2 Å². The van der Waals surface area contributed by atoms with Crippen molar-refractivity contribution in [1.82, 2.24) is 5.32 Å². The molecule has 1 aromatic rings. The Morgan fingerprint density at radius 3 is 2.58 bits per heavy atom. The van der Waals surface area contributed by atoms with Crippen molar-refractivity contribution < 1.29 is 0 Å². The molecule has 1 rings (SSSR count). The molecule has 1 aromatic carbocycles. The van der Waals surface area contributed by atoms with Crippen LogP contribution in [0.15, 0.2) is 30.3 Å². The second-order valence-corrected chi connectivity index (χ2v) is 4.54. The summed E-state index contributed by atoms with van der Waals surface area (Å²) >= 11 is 0. The number of hydrogen-bond donors (Lipinski definition) is 1. The number of nitrogens with one attached hydrogen (secondary N) is 1. The van der Waals surface area contributed by atoms with Gasteiger partial charge < -0.3 is 5.32 Å². The Bertz CT molecular complexity index is 210. The lowest BCUT2D eigenvalue weighted by atomic mass is 10.1. The fraction of sp³-hybridized carbons (Fsp3) is 0.400. The molecule has 0 aromatic heterocycles. The topological polar surface area (TPSA) is 12.0 Å². The number of rotatable bonds is 4. The van der Waals surface area contributed by atoms with E-state index in [1.165, 1.54) is 22.2 Å². The van der Waals surface area contributed by atoms with Gasteiger partial charge in [-0.2, -0.15) is 0 Å². The van der Waals surface area contributed by atoms with Gasteiger partial charge in [0.1, 0.15) is 0 Å². The van der Waals surface area contributed by atoms with Crippen LogP contribution in [0.25, 0.3) is 0 Å². The Kier molecular flexibility index (Phi) is 4.04. The van der Waals surface area contributed by atoms with Crippen LogP contribution in [0.3, 0.4) is 0 Å². The summed E-state index contributed by atoms with van der Waals surface area (Å²) in [5.41, 5.74) is 2.16. The van der Waals surface area contributed by atoms with Gasteiger partial charge in [-0.05, 0) is 24.2 Å². The summed E-state index contributed by atoms with van der Waals surface area (Å²) in [6.45, 7) is 3.25. The molecule has 0 aliphatic heterocycles. The maximum Gasteiger partial charge on any atom is 0.0245 e. The van der Waals surface area contributed by atoms with Crippen molar-refractivity contribution in [2.24, 2.45) is 0 Å². The molecule has 1 unspecified atom stereocenters. The molecule has 2 heteroatoms. The van der Waals surface area contributed by atoms with Crippen molar-refractivity contribution in [2.45, 2.75) is 19.0 Å². The first-order chi connectivity index (χ1) is 5.83. The molecule has 0 heterocycles. The minimum Gasteiger partial charge on any atom is -0.317 e. The zero-order valence-electron chi connectivity index (χ0n) is 7.88. The van der Waals surface area contributed by atoms with Gasteiger partial charge in [0.05, 0.1) is 0 Å². The first kappa shape index (κ1) is 9.48. The van der Waals surface area contributed by atoms with E-state index in [4.69, 9.17) is 0 Å². The van der Waals surface area contributed by atoms with E-state index in [1.807, 2.05) is 0 Å². The van der Waals surface area contributed by atoms with Crippen molar-refractivity contribution in [3.8, 4) is 0 Å². The molecule has 0 spiro atoms. The predicted octanol–water partition coefficient (Wildman–Crippen LogP) is 0.530. The summed E-state index contributed by atoms with van der Waals surface area (Å²) in [5, 5.41) is 3.46. The van der Waals surface area contributed by atoms with Crippen molar-refractivity contribution in [2.75, 3.05) is 6.54 Å². The zero-order valence-corrected chi connectivity index (χ0v) is 9.88. The fourth-order valence-corrected chi connectivity index (χ4v) is 2.27. The Morgan fingerprint density at radius 1 is 1.33 bits per heavy atom. The van der Waals surface area contributed by atoms with Crippen LogP contribution < -0.4 is 5.32 Å². The maximum absolute atomic E-state index is 3.46. The van der Waals surface area contributed by atoms with E-state index in [0.717, 1.165) is 12.2 Å². The molecule has 12 heavy (non-hydrogen) atoms. The van der Waals surface area contributed by atoms with E-state index in [-0.39, 0.29) is 0 Å². The van der Waals surface area contributed by atoms with E-state index in [9.17, 15) is 0 Å². The Balaban J connectivity index is 2.41. The molecule has 0 saturated carbocycles. The van der Waals surface area contributed by atoms with Crippen LogP contribution in [0.5, 0.6) is 0 Å². The molecule has 1 nitrogen and oxygen atoms in total. The first-order valence-corrected chi connectivity index (χ1v) is 5.75. The third-order valence-corrected chi connectivity index (χ3v) is 2.75. The second kappa shape index (κ2) is 5.12. The Morgan fingerprint density at radius 2 is 2.00 bits per heavy atom. The quantitative estimate of drug-likeness (QED) is 0.665. The molecule has 1 N–H and O–H groups in total. The Labute approximate surface area is 77.6 Å². The van der Waals surface area contributed by atoms with Crippen molar-refractivity contribution in [3.05, 3.63) is 35.9 Å². The van der Waals surface area contributed by atoms with Gasteiger partial charge in [-0.25, -0.2) is 0 Å². The molecular formula is C10H17NSi. The largest absolute Gasteiger partial charge is 0.317 e. The van der Waals surface area contributed by atoms with Gasteiger partial charge >= 0.3 is 0 Å². The third kappa shape index (κ3) is 3.20. The fourth-order valence-electron chi connectivity index (χ4n) is 1.39. The molecule has 0 radical (unpaired) electrons. The maximum atomic E-state index is 3.46. The standard InChI is InChI=1S/C10H17NSi/c1-2-11-10(12)8-9-6-4-3-5-7-9/h3-7,10-11H,2,8H2,1,12H3. The summed E-state index contributed by atoms with van der Waals surface area (Å²) in [5.74, 6) is 0. The molecule has 0 fully saturated rings. The molecule has 1 atom stereocenters. The lowest BCUT2D eigenvalue weighted by Gasteiger charge is -2.11. The zero-order chi connectivity index (χ0) is 8.81. The Hall–Kier alpha value is -0.603. The van der Waals surface area contributed by atoms with Gasteiger partial charge in [0.15, 0.2) is 0 Å². The highest BCUT2D eigenvalue weighted by Gasteiger charge is 1.99. The van der Waals surface area contributed by atoms with E-state index >= 15 is 0 Å². The van der Waals surface area contributed by atoms with Crippen LogP contribution in [0.1, 0.15) is 12.5 Å². The molecule has 66 valence electrons. The lowest BCUT2D eigenvalue weighted by molar-refractivity contribution is 0.662. The molecule has 0 aliphatic rings. The van der Waals surface area contributed by atoms with E-state index < -0.39 is 0 Å². The highest BCUT2D eigenvalue weighted by molar-refractivity contribution is 6.11. The lowest BCUT2D eigenvalue weighted by Crippen LogP contribution is -2.30. The van der Waals surface area contributed by atoms with E-state index in [1.54, 1.807) is 0 Å². The minimum absolute atomic E-state index is 0.720. The van der Waals surface area contributed by atoms with Gasteiger partial charge in [-0.15, -0.1) is 0 Å². The molecule has 0 saturated heterocycles. The highest BCUT2D eigenvalue weighted by atomic mass is 28.1. The van der Waals surface area contributed by atoms with Crippen molar-refractivity contribution in [1.29, 1.82) is 0 Å². The van der Waals surface area contributed by atoms with Gasteiger partial charge in [0.2, 0.25) is 0 Å². The monoisotopic (exact) mass is 179 g/mol. The van der Waals surface area contributed by atoms with Crippen LogP contribution in [0.4, 0.5) is 0 Å². The van der Waals surface area contributed by atoms with E-state index in [2.05, 4.69) is 42.6 Å². The summed E-state index contributed by atoms with van der Waals surface area (Å²) in [6.07, 6.45) is 1.18. The number of hydrogen-bond acceptors (Lipinski definition) is 1. The average Bonchev–Trinajstić information content (AvgIpc) is 2.06. The number of likely N-dealkylation sites (N-methyl/N-ethyl adjacent to an activating group) is 1. The summed E-state index contributed by atoms with van der Waals surface area (Å²) < 4.78 is 0. The molecular weight excluding hydrogens is 162 g/mol. The van der Waals surface area contributed by atoms with Gasteiger partial charge in [0, 0.05) is 10.2 Å².